The van der Waals surface area contributed by atoms with E-state index in [0.29, 0.717) is 24.2 Å². The number of rotatable bonds is 4. The van der Waals surface area contributed by atoms with Gasteiger partial charge in [-0.25, -0.2) is 4.98 Å². The monoisotopic (exact) mass is 297 g/mol. The van der Waals surface area contributed by atoms with E-state index in [0.717, 1.165) is 22.5 Å². The Balaban J connectivity index is 1.70. The van der Waals surface area contributed by atoms with E-state index < -0.39 is 0 Å². The predicted octanol–water partition coefficient (Wildman–Crippen LogP) is 2.98. The number of para-hydroxylation sites is 1. The van der Waals surface area contributed by atoms with Crippen LogP contribution in [0.25, 0.3) is 11.0 Å². The first-order chi connectivity index (χ1) is 10.6. The predicted molar refractivity (Wildman–Crippen MR) is 85.0 cm³/mol. The molecule has 0 aliphatic heterocycles. The Hall–Kier alpha value is -2.56. The molecule has 1 aromatic carbocycles. The van der Waals surface area contributed by atoms with Gasteiger partial charge in [0.25, 0.3) is 5.91 Å². The highest BCUT2D eigenvalue weighted by Gasteiger charge is 2.13. The summed E-state index contributed by atoms with van der Waals surface area (Å²) in [7, 11) is 0. The van der Waals surface area contributed by atoms with Crippen molar-refractivity contribution in [2.24, 2.45) is 0 Å². The van der Waals surface area contributed by atoms with E-state index in [1.54, 1.807) is 12.4 Å². The number of carbonyl (C=O) groups excluding carboxylic acids is 1. The Morgan fingerprint density at radius 2 is 2.14 bits per heavy atom. The summed E-state index contributed by atoms with van der Waals surface area (Å²) in [5, 5.41) is 3.89. The van der Waals surface area contributed by atoms with Crippen LogP contribution in [-0.2, 0) is 6.54 Å². The van der Waals surface area contributed by atoms with Gasteiger partial charge < -0.3 is 14.3 Å². The summed E-state index contributed by atoms with van der Waals surface area (Å²) in [6.07, 6.45) is 1.80. The number of hydrogen-bond acceptors (Lipinski definition) is 3. The first-order valence-corrected chi connectivity index (χ1v) is 7.32. The molecule has 1 N–H and O–H groups in total. The Kier molecular flexibility index (Phi) is 3.71. The number of carbonyl (C=O) groups is 1. The molecule has 0 unspecified atom stereocenters. The molecular formula is C17H19N3O2. The average molecular weight is 297 g/mol. The maximum Gasteiger partial charge on any atom is 0.255 e. The van der Waals surface area contributed by atoms with Gasteiger partial charge in [-0.2, -0.15) is 0 Å². The van der Waals surface area contributed by atoms with E-state index in [2.05, 4.69) is 10.3 Å². The van der Waals surface area contributed by atoms with Crippen LogP contribution in [0.15, 0.2) is 35.0 Å². The molecular weight excluding hydrogens is 278 g/mol. The average Bonchev–Trinajstić information content (AvgIpc) is 3.02. The number of nitrogens with one attached hydrogen (secondary N) is 1. The second-order valence-corrected chi connectivity index (χ2v) is 5.45. The summed E-state index contributed by atoms with van der Waals surface area (Å²) in [5.41, 5.74) is 3.36. The fourth-order valence-corrected chi connectivity index (χ4v) is 2.53. The van der Waals surface area contributed by atoms with Gasteiger partial charge in [0.05, 0.1) is 17.6 Å². The second kappa shape index (κ2) is 5.67. The first-order valence-electron chi connectivity index (χ1n) is 7.32. The van der Waals surface area contributed by atoms with Crippen molar-refractivity contribution >= 4 is 16.9 Å². The molecule has 0 radical (unpaired) electrons. The van der Waals surface area contributed by atoms with Crippen molar-refractivity contribution in [3.63, 3.8) is 0 Å². The molecule has 3 rings (SSSR count). The Bertz CT molecular complexity index is 830. The zero-order valence-corrected chi connectivity index (χ0v) is 13.0. The van der Waals surface area contributed by atoms with Gasteiger partial charge in [-0.05, 0) is 32.9 Å². The highest BCUT2D eigenvalue weighted by Crippen LogP contribution is 2.22. The van der Waals surface area contributed by atoms with Gasteiger partial charge >= 0.3 is 0 Å². The molecule has 3 aromatic rings. The van der Waals surface area contributed by atoms with E-state index in [-0.39, 0.29) is 5.91 Å². The third-order valence-corrected chi connectivity index (χ3v) is 3.90. The van der Waals surface area contributed by atoms with E-state index in [1.807, 2.05) is 43.5 Å². The second-order valence-electron chi connectivity index (χ2n) is 5.45. The molecule has 1 amide bonds. The number of imidazole rings is 1. The van der Waals surface area contributed by atoms with Gasteiger partial charge in [-0.1, -0.05) is 12.1 Å². The van der Waals surface area contributed by atoms with Gasteiger partial charge in [0.1, 0.15) is 11.3 Å². The molecule has 2 heterocycles. The van der Waals surface area contributed by atoms with Crippen LogP contribution in [0, 0.1) is 20.8 Å². The maximum atomic E-state index is 12.4. The van der Waals surface area contributed by atoms with Crippen molar-refractivity contribution in [3.05, 3.63) is 53.3 Å². The molecule has 0 saturated carbocycles. The maximum absolute atomic E-state index is 12.4. The van der Waals surface area contributed by atoms with Crippen LogP contribution in [0.2, 0.25) is 0 Å². The Morgan fingerprint density at radius 1 is 1.32 bits per heavy atom. The minimum absolute atomic E-state index is 0.116. The number of amides is 1. The quantitative estimate of drug-likeness (QED) is 0.805. The zero-order chi connectivity index (χ0) is 15.7. The fraction of sp³-hybridized carbons (Fsp3) is 0.294. The van der Waals surface area contributed by atoms with E-state index in [4.69, 9.17) is 4.42 Å². The van der Waals surface area contributed by atoms with Crippen molar-refractivity contribution in [2.45, 2.75) is 27.3 Å². The van der Waals surface area contributed by atoms with E-state index >= 15 is 0 Å². The largest absolute Gasteiger partial charge is 0.461 e. The SMILES string of the molecule is Cc1cc2cccc(C(=O)NCCn3cnc(C)c3C)c2o1. The van der Waals surface area contributed by atoms with Crippen LogP contribution < -0.4 is 5.32 Å². The molecule has 0 atom stereocenters. The van der Waals surface area contributed by atoms with Gasteiger partial charge in [-0.15, -0.1) is 0 Å². The molecule has 0 saturated heterocycles. The van der Waals surface area contributed by atoms with Crippen LogP contribution in [0.5, 0.6) is 0 Å². The molecule has 2 aromatic heterocycles. The lowest BCUT2D eigenvalue weighted by Crippen LogP contribution is -2.27. The van der Waals surface area contributed by atoms with Crippen molar-refractivity contribution in [1.82, 2.24) is 14.9 Å². The summed E-state index contributed by atoms with van der Waals surface area (Å²) in [5.74, 6) is 0.689. The highest BCUT2D eigenvalue weighted by atomic mass is 16.3. The van der Waals surface area contributed by atoms with Gasteiger partial charge in [0.2, 0.25) is 0 Å². The summed E-state index contributed by atoms with van der Waals surface area (Å²) in [6, 6.07) is 7.53. The molecule has 0 fully saturated rings. The van der Waals surface area contributed by atoms with Crippen molar-refractivity contribution < 1.29 is 9.21 Å². The molecule has 0 bridgehead atoms. The molecule has 0 spiro atoms. The summed E-state index contributed by atoms with van der Waals surface area (Å²) in [6.45, 7) is 7.13. The van der Waals surface area contributed by atoms with E-state index in [1.165, 1.54) is 0 Å². The van der Waals surface area contributed by atoms with Gasteiger partial charge in [-0.3, -0.25) is 4.79 Å². The Morgan fingerprint density at radius 3 is 2.86 bits per heavy atom. The number of fused-ring (bicyclic) bond motifs is 1. The third-order valence-electron chi connectivity index (χ3n) is 3.90. The molecule has 114 valence electrons. The lowest BCUT2D eigenvalue weighted by atomic mass is 10.1. The van der Waals surface area contributed by atoms with Crippen LogP contribution in [0.1, 0.15) is 27.5 Å². The molecule has 0 aliphatic rings. The highest BCUT2D eigenvalue weighted by molar-refractivity contribution is 6.04. The van der Waals surface area contributed by atoms with Gasteiger partial charge in [0, 0.05) is 24.2 Å². The lowest BCUT2D eigenvalue weighted by molar-refractivity contribution is 0.0953. The van der Waals surface area contributed by atoms with Crippen molar-refractivity contribution in [2.75, 3.05) is 6.54 Å². The number of aromatic nitrogens is 2. The number of benzene rings is 1. The number of hydrogen-bond donors (Lipinski definition) is 1. The Labute approximate surface area is 129 Å². The summed E-state index contributed by atoms with van der Waals surface area (Å²) >= 11 is 0. The third kappa shape index (κ3) is 2.62. The number of nitrogens with zero attached hydrogens (tertiary/aromatic N) is 2. The number of aryl methyl sites for hydroxylation is 2. The smallest absolute Gasteiger partial charge is 0.255 e. The summed E-state index contributed by atoms with van der Waals surface area (Å²) < 4.78 is 7.67. The molecule has 0 aliphatic carbocycles. The number of furan rings is 1. The topological polar surface area (TPSA) is 60.1 Å². The fourth-order valence-electron chi connectivity index (χ4n) is 2.53. The van der Waals surface area contributed by atoms with Crippen molar-refractivity contribution in [1.29, 1.82) is 0 Å². The van der Waals surface area contributed by atoms with Crippen LogP contribution >= 0.6 is 0 Å². The minimum atomic E-state index is -0.116. The minimum Gasteiger partial charge on any atom is -0.461 e. The van der Waals surface area contributed by atoms with Gasteiger partial charge in [0.15, 0.2) is 0 Å². The zero-order valence-electron chi connectivity index (χ0n) is 13.0. The van der Waals surface area contributed by atoms with Crippen LogP contribution in [0.3, 0.4) is 0 Å². The molecule has 5 nitrogen and oxygen atoms in total. The van der Waals surface area contributed by atoms with Crippen LogP contribution in [-0.4, -0.2) is 22.0 Å². The first kappa shape index (κ1) is 14.4. The normalized spacial score (nSPS) is 11.0. The standard InChI is InChI=1S/C17H19N3O2/c1-11-9-14-5-4-6-15(16(14)22-11)17(21)18-7-8-20-10-19-12(2)13(20)3/h4-6,9-10H,7-8H2,1-3H3,(H,18,21). The van der Waals surface area contributed by atoms with E-state index in [9.17, 15) is 4.79 Å². The molecule has 5 heteroatoms. The van der Waals surface area contributed by atoms with Crippen LogP contribution in [0.4, 0.5) is 0 Å². The van der Waals surface area contributed by atoms with Crippen molar-refractivity contribution in [3.8, 4) is 0 Å². The molecule has 22 heavy (non-hydrogen) atoms. The summed E-state index contributed by atoms with van der Waals surface area (Å²) in [4.78, 5) is 16.6. The lowest BCUT2D eigenvalue weighted by Gasteiger charge is -2.08.